The minimum atomic E-state index is -3.04. The lowest BCUT2D eigenvalue weighted by molar-refractivity contribution is -0.120. The minimum Gasteiger partial charge on any atom is -0.351 e. The number of imidazole rings is 1. The number of carbonyl (C=O) groups excluding carboxylic acids is 1. The van der Waals surface area contributed by atoms with Crippen molar-refractivity contribution in [1.29, 1.82) is 0 Å². The quantitative estimate of drug-likeness (QED) is 0.574. The fraction of sp³-hybridized carbons (Fsp3) is 0.304. The van der Waals surface area contributed by atoms with Crippen molar-refractivity contribution < 1.29 is 13.2 Å². The van der Waals surface area contributed by atoms with E-state index in [1.54, 1.807) is 0 Å². The molecule has 3 aromatic rings. The largest absolute Gasteiger partial charge is 0.351 e. The summed E-state index contributed by atoms with van der Waals surface area (Å²) in [6.07, 6.45) is 2.30. The summed E-state index contributed by atoms with van der Waals surface area (Å²) in [4.78, 5) is 17.3. The van der Waals surface area contributed by atoms with E-state index in [0.29, 0.717) is 11.6 Å². The number of thioether (sulfide) groups is 1. The summed E-state index contributed by atoms with van der Waals surface area (Å²) in [7, 11) is -3.04. The third kappa shape index (κ3) is 5.02. The first kappa shape index (κ1) is 21.6. The van der Waals surface area contributed by atoms with E-state index in [-0.39, 0.29) is 23.5 Å². The second-order valence-corrected chi connectivity index (χ2v) is 11.4. The van der Waals surface area contributed by atoms with Crippen LogP contribution in [0.15, 0.2) is 66.0 Å². The minimum absolute atomic E-state index is 0.0202. The molecule has 2 heterocycles. The van der Waals surface area contributed by atoms with Gasteiger partial charge in [-0.3, -0.25) is 9.36 Å². The molecule has 1 fully saturated rings. The number of carbonyl (C=O) groups is 1. The zero-order chi connectivity index (χ0) is 22.0. The number of sulfone groups is 1. The third-order valence-corrected chi connectivity index (χ3v) is 8.16. The van der Waals surface area contributed by atoms with E-state index >= 15 is 0 Å². The summed E-state index contributed by atoms with van der Waals surface area (Å²) in [5.41, 5.74) is 4.14. The molecule has 31 heavy (non-hydrogen) atoms. The van der Waals surface area contributed by atoms with Gasteiger partial charge in [-0.1, -0.05) is 59.8 Å². The zero-order valence-electron chi connectivity index (χ0n) is 17.5. The SMILES string of the molecule is Cc1ccc(-c2cnc(S[C@H](C)C(=O)N[C@@H]3CCS(=O)(=O)C3)n2-c2ccccc2)cc1. The molecule has 0 aliphatic carbocycles. The van der Waals surface area contributed by atoms with Gasteiger partial charge >= 0.3 is 0 Å². The first-order chi connectivity index (χ1) is 14.8. The molecule has 6 nitrogen and oxygen atoms in total. The Bertz CT molecular complexity index is 1170. The number of para-hydroxylation sites is 1. The highest BCUT2D eigenvalue weighted by Gasteiger charge is 2.30. The van der Waals surface area contributed by atoms with Gasteiger partial charge in [0.15, 0.2) is 15.0 Å². The van der Waals surface area contributed by atoms with Crippen LogP contribution in [0, 0.1) is 6.92 Å². The van der Waals surface area contributed by atoms with E-state index in [9.17, 15) is 13.2 Å². The molecule has 0 radical (unpaired) electrons. The van der Waals surface area contributed by atoms with Gasteiger partial charge in [-0.2, -0.15) is 0 Å². The predicted octanol–water partition coefficient (Wildman–Crippen LogP) is 3.63. The number of rotatable bonds is 6. The summed E-state index contributed by atoms with van der Waals surface area (Å²) >= 11 is 1.37. The number of hydrogen-bond acceptors (Lipinski definition) is 5. The molecule has 1 aliphatic rings. The average molecular weight is 456 g/mol. The highest BCUT2D eigenvalue weighted by Crippen LogP contribution is 2.32. The maximum atomic E-state index is 12.7. The van der Waals surface area contributed by atoms with Crippen LogP contribution in [0.4, 0.5) is 0 Å². The maximum absolute atomic E-state index is 12.7. The summed E-state index contributed by atoms with van der Waals surface area (Å²) in [5, 5.41) is 3.18. The van der Waals surface area contributed by atoms with E-state index in [1.807, 2.05) is 43.5 Å². The first-order valence-electron chi connectivity index (χ1n) is 10.2. The Kier molecular flexibility index (Phi) is 6.20. The highest BCUT2D eigenvalue weighted by molar-refractivity contribution is 8.00. The van der Waals surface area contributed by atoms with Crippen molar-refractivity contribution in [2.45, 2.75) is 36.7 Å². The van der Waals surface area contributed by atoms with E-state index in [2.05, 4.69) is 46.1 Å². The lowest BCUT2D eigenvalue weighted by Crippen LogP contribution is -2.40. The van der Waals surface area contributed by atoms with Crippen molar-refractivity contribution in [1.82, 2.24) is 14.9 Å². The van der Waals surface area contributed by atoms with Gasteiger partial charge in [0.1, 0.15) is 0 Å². The normalized spacial score (nSPS) is 18.6. The van der Waals surface area contributed by atoms with Crippen LogP contribution < -0.4 is 5.32 Å². The lowest BCUT2D eigenvalue weighted by Gasteiger charge is -2.17. The highest BCUT2D eigenvalue weighted by atomic mass is 32.2. The maximum Gasteiger partial charge on any atom is 0.233 e. The monoisotopic (exact) mass is 455 g/mol. The summed E-state index contributed by atoms with van der Waals surface area (Å²) < 4.78 is 25.4. The predicted molar refractivity (Wildman–Crippen MR) is 124 cm³/mol. The first-order valence-corrected chi connectivity index (χ1v) is 12.9. The fourth-order valence-corrected chi connectivity index (χ4v) is 6.20. The molecule has 0 spiro atoms. The van der Waals surface area contributed by atoms with Crippen molar-refractivity contribution in [2.24, 2.45) is 0 Å². The second-order valence-electron chi connectivity index (χ2n) is 7.83. The van der Waals surface area contributed by atoms with Crippen LogP contribution in [0.25, 0.3) is 16.9 Å². The molecule has 1 aromatic heterocycles. The molecule has 2 atom stereocenters. The summed E-state index contributed by atoms with van der Waals surface area (Å²) in [5.74, 6) is -0.0176. The molecule has 162 valence electrons. The average Bonchev–Trinajstić information content (AvgIpc) is 3.31. The fourth-order valence-electron chi connectivity index (χ4n) is 3.61. The van der Waals surface area contributed by atoms with Gasteiger partial charge in [-0.25, -0.2) is 13.4 Å². The molecule has 2 aromatic carbocycles. The van der Waals surface area contributed by atoms with Crippen molar-refractivity contribution in [2.75, 3.05) is 11.5 Å². The van der Waals surface area contributed by atoms with Crippen molar-refractivity contribution in [3.05, 3.63) is 66.4 Å². The van der Waals surface area contributed by atoms with Crippen molar-refractivity contribution in [3.8, 4) is 16.9 Å². The number of hydrogen-bond donors (Lipinski definition) is 1. The topological polar surface area (TPSA) is 81.1 Å². The van der Waals surface area contributed by atoms with Crippen molar-refractivity contribution >= 4 is 27.5 Å². The van der Waals surface area contributed by atoms with E-state index in [1.165, 1.54) is 17.3 Å². The number of aromatic nitrogens is 2. The molecule has 1 N–H and O–H groups in total. The number of aryl methyl sites for hydroxylation is 1. The molecule has 8 heteroatoms. The van der Waals surface area contributed by atoms with Gasteiger partial charge in [-0.05, 0) is 32.4 Å². The van der Waals surface area contributed by atoms with Crippen LogP contribution >= 0.6 is 11.8 Å². The molecule has 0 saturated carbocycles. The number of amides is 1. The van der Waals surface area contributed by atoms with Gasteiger partial charge in [-0.15, -0.1) is 0 Å². The summed E-state index contributed by atoms with van der Waals surface area (Å²) in [6.45, 7) is 3.87. The van der Waals surface area contributed by atoms with Crippen LogP contribution in [0.1, 0.15) is 18.9 Å². The van der Waals surface area contributed by atoms with Crippen LogP contribution in [0.2, 0.25) is 0 Å². The van der Waals surface area contributed by atoms with Gasteiger partial charge < -0.3 is 5.32 Å². The Balaban J connectivity index is 1.59. The smallest absolute Gasteiger partial charge is 0.233 e. The molecule has 1 saturated heterocycles. The molecule has 4 rings (SSSR count). The molecule has 1 aliphatic heterocycles. The molecule has 0 unspecified atom stereocenters. The van der Waals surface area contributed by atoms with Crippen LogP contribution in [0.5, 0.6) is 0 Å². The molecular formula is C23H25N3O3S2. The van der Waals surface area contributed by atoms with E-state index in [4.69, 9.17) is 0 Å². The van der Waals surface area contributed by atoms with Crippen LogP contribution in [-0.4, -0.2) is 46.7 Å². The Labute approximate surface area is 187 Å². The number of nitrogens with one attached hydrogen (secondary N) is 1. The van der Waals surface area contributed by atoms with Gasteiger partial charge in [0.05, 0.1) is 28.6 Å². The van der Waals surface area contributed by atoms with Gasteiger partial charge in [0.2, 0.25) is 5.91 Å². The Morgan fingerprint density at radius 2 is 1.87 bits per heavy atom. The molecular weight excluding hydrogens is 430 g/mol. The zero-order valence-corrected chi connectivity index (χ0v) is 19.1. The van der Waals surface area contributed by atoms with Gasteiger partial charge in [0.25, 0.3) is 0 Å². The Morgan fingerprint density at radius 3 is 2.52 bits per heavy atom. The summed E-state index contributed by atoms with van der Waals surface area (Å²) in [6, 6.07) is 17.9. The van der Waals surface area contributed by atoms with E-state index in [0.717, 1.165) is 16.9 Å². The van der Waals surface area contributed by atoms with Crippen LogP contribution in [0.3, 0.4) is 0 Å². The third-order valence-electron chi connectivity index (χ3n) is 5.32. The van der Waals surface area contributed by atoms with E-state index < -0.39 is 15.1 Å². The lowest BCUT2D eigenvalue weighted by atomic mass is 10.1. The van der Waals surface area contributed by atoms with Crippen LogP contribution in [-0.2, 0) is 14.6 Å². The second kappa shape index (κ2) is 8.88. The Hall–Kier alpha value is -2.58. The standard InChI is InChI=1S/C23H25N3O3S2/c1-16-8-10-18(11-9-16)21-14-24-23(26(21)20-6-4-3-5-7-20)30-17(2)22(27)25-19-12-13-31(28,29)15-19/h3-11,14,17,19H,12-13,15H2,1-2H3,(H,25,27)/t17-,19-/m1/s1. The molecule has 1 amide bonds. The number of benzene rings is 2. The van der Waals surface area contributed by atoms with Crippen molar-refractivity contribution in [3.63, 3.8) is 0 Å². The molecule has 0 bridgehead atoms. The van der Waals surface area contributed by atoms with Gasteiger partial charge in [0, 0.05) is 17.3 Å². The Morgan fingerprint density at radius 1 is 1.16 bits per heavy atom. The number of nitrogens with zero attached hydrogens (tertiary/aromatic N) is 2.